The average molecular weight is 344 g/mol. The fourth-order valence-corrected chi connectivity index (χ4v) is 2.36. The molecule has 0 heterocycles. The molecule has 1 atom stereocenters. The van der Waals surface area contributed by atoms with Crippen LogP contribution in [0.25, 0.3) is 0 Å². The van der Waals surface area contributed by atoms with Gasteiger partial charge in [0, 0.05) is 6.07 Å². The second kappa shape index (κ2) is 8.82. The standard InChI is InChI=1S/C19H24N2O4/c1-5-25-15-8-6-14(7-9-15)13(2)20-19(22)21-17-11-10-16(23-3)12-18(17)24-4/h6-13H,5H2,1-4H3,(H2,20,21,22)/t13-/m1/s1. The number of amides is 2. The normalized spacial score (nSPS) is 11.4. The van der Waals surface area contributed by atoms with Gasteiger partial charge in [-0.05, 0) is 43.7 Å². The highest BCUT2D eigenvalue weighted by Crippen LogP contribution is 2.29. The molecule has 2 amide bonds. The third-order valence-electron chi connectivity index (χ3n) is 3.70. The number of carbonyl (C=O) groups is 1. The molecule has 25 heavy (non-hydrogen) atoms. The number of hydrogen-bond acceptors (Lipinski definition) is 4. The van der Waals surface area contributed by atoms with E-state index in [1.807, 2.05) is 38.1 Å². The number of ether oxygens (including phenoxy) is 3. The van der Waals surface area contributed by atoms with Crippen LogP contribution in [0.1, 0.15) is 25.5 Å². The van der Waals surface area contributed by atoms with E-state index < -0.39 is 0 Å². The van der Waals surface area contributed by atoms with Crippen LogP contribution in [0.3, 0.4) is 0 Å². The number of urea groups is 1. The molecule has 0 fully saturated rings. The average Bonchev–Trinajstić information content (AvgIpc) is 2.62. The van der Waals surface area contributed by atoms with Crippen LogP contribution in [0, 0.1) is 0 Å². The summed E-state index contributed by atoms with van der Waals surface area (Å²) in [5, 5.41) is 5.69. The molecule has 6 nitrogen and oxygen atoms in total. The molecule has 2 aromatic rings. The van der Waals surface area contributed by atoms with Crippen molar-refractivity contribution in [3.8, 4) is 17.2 Å². The number of anilines is 1. The molecule has 134 valence electrons. The summed E-state index contributed by atoms with van der Waals surface area (Å²) < 4.78 is 15.8. The number of rotatable bonds is 7. The van der Waals surface area contributed by atoms with Gasteiger partial charge in [-0.3, -0.25) is 0 Å². The van der Waals surface area contributed by atoms with E-state index in [0.717, 1.165) is 11.3 Å². The lowest BCUT2D eigenvalue weighted by molar-refractivity contribution is 0.249. The van der Waals surface area contributed by atoms with Crippen LogP contribution in [0.4, 0.5) is 10.5 Å². The predicted octanol–water partition coefficient (Wildman–Crippen LogP) is 3.99. The summed E-state index contributed by atoms with van der Waals surface area (Å²) in [6.45, 7) is 4.48. The molecule has 0 bridgehead atoms. The van der Waals surface area contributed by atoms with E-state index in [1.165, 1.54) is 0 Å². The SMILES string of the molecule is CCOc1ccc([C@@H](C)NC(=O)Nc2ccc(OC)cc2OC)cc1. The smallest absolute Gasteiger partial charge is 0.319 e. The van der Waals surface area contributed by atoms with Gasteiger partial charge in [-0.25, -0.2) is 4.79 Å². The zero-order valence-corrected chi connectivity index (χ0v) is 15.0. The van der Waals surface area contributed by atoms with Crippen LogP contribution < -0.4 is 24.8 Å². The Balaban J connectivity index is 1.99. The Hall–Kier alpha value is -2.89. The quantitative estimate of drug-likeness (QED) is 0.797. The van der Waals surface area contributed by atoms with E-state index in [2.05, 4.69) is 10.6 Å². The van der Waals surface area contributed by atoms with Gasteiger partial charge in [0.15, 0.2) is 0 Å². The Morgan fingerprint density at radius 3 is 2.32 bits per heavy atom. The summed E-state index contributed by atoms with van der Waals surface area (Å²) in [7, 11) is 3.12. The molecular formula is C19H24N2O4. The molecule has 0 saturated carbocycles. The summed E-state index contributed by atoms with van der Waals surface area (Å²) in [5.41, 5.74) is 1.56. The first-order valence-corrected chi connectivity index (χ1v) is 8.09. The Morgan fingerprint density at radius 2 is 1.72 bits per heavy atom. The minimum Gasteiger partial charge on any atom is -0.497 e. The molecule has 0 aromatic heterocycles. The summed E-state index contributed by atoms with van der Waals surface area (Å²) in [5.74, 6) is 2.00. The van der Waals surface area contributed by atoms with E-state index in [4.69, 9.17) is 14.2 Å². The van der Waals surface area contributed by atoms with Gasteiger partial charge in [0.25, 0.3) is 0 Å². The zero-order chi connectivity index (χ0) is 18.2. The topological polar surface area (TPSA) is 68.8 Å². The van der Waals surface area contributed by atoms with Gasteiger partial charge in [0.2, 0.25) is 0 Å². The van der Waals surface area contributed by atoms with Crippen molar-refractivity contribution in [1.82, 2.24) is 5.32 Å². The summed E-state index contributed by atoms with van der Waals surface area (Å²) in [6.07, 6.45) is 0. The van der Waals surface area contributed by atoms with E-state index in [1.54, 1.807) is 32.4 Å². The summed E-state index contributed by atoms with van der Waals surface area (Å²) >= 11 is 0. The van der Waals surface area contributed by atoms with Gasteiger partial charge >= 0.3 is 6.03 Å². The van der Waals surface area contributed by atoms with E-state index in [0.29, 0.717) is 23.8 Å². The van der Waals surface area contributed by atoms with Gasteiger partial charge < -0.3 is 24.8 Å². The van der Waals surface area contributed by atoms with Crippen molar-refractivity contribution in [3.05, 3.63) is 48.0 Å². The number of nitrogens with one attached hydrogen (secondary N) is 2. The van der Waals surface area contributed by atoms with E-state index >= 15 is 0 Å². The lowest BCUT2D eigenvalue weighted by Gasteiger charge is -2.17. The molecule has 0 radical (unpaired) electrons. The van der Waals surface area contributed by atoms with Crippen molar-refractivity contribution in [3.63, 3.8) is 0 Å². The largest absolute Gasteiger partial charge is 0.497 e. The van der Waals surface area contributed by atoms with Crippen molar-refractivity contribution in [1.29, 1.82) is 0 Å². The molecule has 6 heteroatoms. The third kappa shape index (κ3) is 5.04. The van der Waals surface area contributed by atoms with Gasteiger partial charge in [0.1, 0.15) is 17.2 Å². The first-order chi connectivity index (χ1) is 12.1. The molecule has 0 unspecified atom stereocenters. The fraction of sp³-hybridized carbons (Fsp3) is 0.316. The minimum atomic E-state index is -0.315. The lowest BCUT2D eigenvalue weighted by Crippen LogP contribution is -2.31. The van der Waals surface area contributed by atoms with E-state index in [-0.39, 0.29) is 12.1 Å². The maximum absolute atomic E-state index is 12.3. The second-order valence-electron chi connectivity index (χ2n) is 5.39. The number of methoxy groups -OCH3 is 2. The Kier molecular flexibility index (Phi) is 6.51. The maximum atomic E-state index is 12.3. The molecular weight excluding hydrogens is 320 g/mol. The Labute approximate surface area is 148 Å². The maximum Gasteiger partial charge on any atom is 0.319 e. The van der Waals surface area contributed by atoms with Crippen LogP contribution >= 0.6 is 0 Å². The molecule has 0 aliphatic heterocycles. The molecule has 0 spiro atoms. The van der Waals surface area contributed by atoms with Crippen LogP contribution in [0.15, 0.2) is 42.5 Å². The highest BCUT2D eigenvalue weighted by molar-refractivity contribution is 5.91. The van der Waals surface area contributed by atoms with Gasteiger partial charge in [-0.2, -0.15) is 0 Å². The first kappa shape index (κ1) is 18.4. The zero-order valence-electron chi connectivity index (χ0n) is 15.0. The van der Waals surface area contributed by atoms with Crippen LogP contribution in [0.5, 0.6) is 17.2 Å². The van der Waals surface area contributed by atoms with Gasteiger partial charge in [0.05, 0.1) is 32.6 Å². The molecule has 0 aliphatic carbocycles. The third-order valence-corrected chi connectivity index (χ3v) is 3.70. The van der Waals surface area contributed by atoms with E-state index in [9.17, 15) is 4.79 Å². The highest BCUT2D eigenvalue weighted by Gasteiger charge is 2.12. The predicted molar refractivity (Wildman–Crippen MR) is 97.7 cm³/mol. The lowest BCUT2D eigenvalue weighted by atomic mass is 10.1. The van der Waals surface area contributed by atoms with Crippen LogP contribution in [0.2, 0.25) is 0 Å². The Morgan fingerprint density at radius 1 is 1.04 bits per heavy atom. The first-order valence-electron chi connectivity index (χ1n) is 8.09. The minimum absolute atomic E-state index is 0.153. The van der Waals surface area contributed by atoms with Crippen molar-refractivity contribution in [2.75, 3.05) is 26.1 Å². The molecule has 2 N–H and O–H groups in total. The summed E-state index contributed by atoms with van der Waals surface area (Å²) in [6, 6.07) is 12.4. The molecule has 0 aliphatic rings. The summed E-state index contributed by atoms with van der Waals surface area (Å²) in [4.78, 5) is 12.3. The molecule has 0 saturated heterocycles. The molecule has 2 rings (SSSR count). The van der Waals surface area contributed by atoms with Crippen molar-refractivity contribution in [2.24, 2.45) is 0 Å². The van der Waals surface area contributed by atoms with Gasteiger partial charge in [-0.1, -0.05) is 12.1 Å². The highest BCUT2D eigenvalue weighted by atomic mass is 16.5. The van der Waals surface area contributed by atoms with Crippen molar-refractivity contribution >= 4 is 11.7 Å². The van der Waals surface area contributed by atoms with Crippen molar-refractivity contribution in [2.45, 2.75) is 19.9 Å². The number of carbonyl (C=O) groups excluding carboxylic acids is 1. The fourth-order valence-electron chi connectivity index (χ4n) is 2.36. The molecule has 2 aromatic carbocycles. The monoisotopic (exact) mass is 344 g/mol. The van der Waals surface area contributed by atoms with Gasteiger partial charge in [-0.15, -0.1) is 0 Å². The van der Waals surface area contributed by atoms with Crippen molar-refractivity contribution < 1.29 is 19.0 Å². The number of benzene rings is 2. The second-order valence-corrected chi connectivity index (χ2v) is 5.39. The Bertz CT molecular complexity index is 701. The van der Waals surface area contributed by atoms with Crippen LogP contribution in [-0.2, 0) is 0 Å². The van der Waals surface area contributed by atoms with Crippen LogP contribution in [-0.4, -0.2) is 26.9 Å². The number of hydrogen-bond donors (Lipinski definition) is 2.